The normalized spacial score (nSPS) is 8.82. The standard InChI is InChI=1S/C7H4FNOS/c8-6-1-3-7(4-2-6)11-9-5-10/h1-4H. The summed E-state index contributed by atoms with van der Waals surface area (Å²) in [5.41, 5.74) is 0. The van der Waals surface area contributed by atoms with E-state index < -0.39 is 0 Å². The third kappa shape index (κ3) is 2.53. The van der Waals surface area contributed by atoms with Crippen LogP contribution in [0, 0.1) is 5.82 Å². The molecule has 0 amide bonds. The van der Waals surface area contributed by atoms with Crippen LogP contribution in [0.2, 0.25) is 0 Å². The van der Waals surface area contributed by atoms with E-state index in [0.29, 0.717) is 0 Å². The molecule has 0 heterocycles. The van der Waals surface area contributed by atoms with Crippen molar-refractivity contribution in [1.29, 1.82) is 0 Å². The molecule has 0 saturated carbocycles. The Kier molecular flexibility index (Phi) is 2.83. The maximum atomic E-state index is 12.3. The summed E-state index contributed by atoms with van der Waals surface area (Å²) in [4.78, 5) is 10.4. The predicted molar refractivity (Wildman–Crippen MR) is 40.4 cm³/mol. The fraction of sp³-hybridized carbons (Fsp3) is 0. The van der Waals surface area contributed by atoms with E-state index in [-0.39, 0.29) is 5.82 Å². The first-order valence-electron chi connectivity index (χ1n) is 2.82. The Morgan fingerprint density at radius 1 is 1.36 bits per heavy atom. The molecule has 0 atom stereocenters. The zero-order valence-electron chi connectivity index (χ0n) is 5.45. The van der Waals surface area contributed by atoms with Crippen LogP contribution >= 0.6 is 11.9 Å². The number of hydrogen-bond acceptors (Lipinski definition) is 3. The molecule has 0 spiro atoms. The van der Waals surface area contributed by atoms with Crippen molar-refractivity contribution >= 4 is 18.0 Å². The highest BCUT2D eigenvalue weighted by molar-refractivity contribution is 7.98. The molecule has 56 valence electrons. The maximum absolute atomic E-state index is 12.3. The molecule has 0 saturated heterocycles. The van der Waals surface area contributed by atoms with Crippen molar-refractivity contribution in [1.82, 2.24) is 0 Å². The van der Waals surface area contributed by atoms with Gasteiger partial charge in [-0.25, -0.2) is 9.18 Å². The van der Waals surface area contributed by atoms with E-state index in [4.69, 9.17) is 0 Å². The molecule has 1 aromatic carbocycles. The summed E-state index contributed by atoms with van der Waals surface area (Å²) in [6.45, 7) is 0. The van der Waals surface area contributed by atoms with Gasteiger partial charge in [0.1, 0.15) is 5.82 Å². The highest BCUT2D eigenvalue weighted by Crippen LogP contribution is 2.17. The van der Waals surface area contributed by atoms with Crippen LogP contribution in [0.4, 0.5) is 4.39 Å². The summed E-state index contributed by atoms with van der Waals surface area (Å²) in [6, 6.07) is 5.70. The van der Waals surface area contributed by atoms with Gasteiger partial charge < -0.3 is 0 Å². The van der Waals surface area contributed by atoms with Crippen molar-refractivity contribution < 1.29 is 9.18 Å². The van der Waals surface area contributed by atoms with Gasteiger partial charge >= 0.3 is 0 Å². The number of carbonyl (C=O) groups excluding carboxylic acids is 1. The lowest BCUT2D eigenvalue weighted by Crippen LogP contribution is -1.71. The molecule has 0 aliphatic rings. The van der Waals surface area contributed by atoms with Crippen LogP contribution in [0.15, 0.2) is 33.6 Å². The summed E-state index contributed by atoms with van der Waals surface area (Å²) in [6.07, 6.45) is 1.38. The molecular weight excluding hydrogens is 165 g/mol. The maximum Gasteiger partial charge on any atom is 0.247 e. The second-order valence-corrected chi connectivity index (χ2v) is 2.56. The summed E-state index contributed by atoms with van der Waals surface area (Å²) in [5, 5.41) is 0. The SMILES string of the molecule is O=C=NSc1ccc(F)cc1. The smallest absolute Gasteiger partial charge is 0.210 e. The third-order valence-electron chi connectivity index (χ3n) is 1.00. The Morgan fingerprint density at radius 3 is 2.55 bits per heavy atom. The molecule has 0 bridgehead atoms. The molecule has 1 rings (SSSR count). The Balaban J connectivity index is 2.73. The minimum atomic E-state index is -0.301. The van der Waals surface area contributed by atoms with Gasteiger partial charge in [-0.15, -0.1) is 4.40 Å². The van der Waals surface area contributed by atoms with Gasteiger partial charge in [-0.2, -0.15) is 0 Å². The van der Waals surface area contributed by atoms with Gasteiger partial charge in [-0.05, 0) is 24.3 Å². The monoisotopic (exact) mass is 169 g/mol. The zero-order valence-corrected chi connectivity index (χ0v) is 6.27. The van der Waals surface area contributed by atoms with Gasteiger partial charge in [-0.1, -0.05) is 0 Å². The van der Waals surface area contributed by atoms with Crippen molar-refractivity contribution in [2.75, 3.05) is 0 Å². The van der Waals surface area contributed by atoms with Gasteiger partial charge in [0.2, 0.25) is 6.08 Å². The summed E-state index contributed by atoms with van der Waals surface area (Å²) in [5.74, 6) is -0.301. The van der Waals surface area contributed by atoms with Crippen LogP contribution in [-0.4, -0.2) is 6.08 Å². The lowest BCUT2D eigenvalue weighted by atomic mass is 10.4. The number of benzene rings is 1. The van der Waals surface area contributed by atoms with Crippen molar-refractivity contribution in [3.05, 3.63) is 30.1 Å². The van der Waals surface area contributed by atoms with E-state index in [1.54, 1.807) is 12.1 Å². The molecule has 11 heavy (non-hydrogen) atoms. The largest absolute Gasteiger partial charge is 0.247 e. The molecule has 1 aromatic rings. The fourth-order valence-corrected chi connectivity index (χ4v) is 0.967. The number of isocyanates is 1. The second-order valence-electron chi connectivity index (χ2n) is 1.73. The number of nitrogens with zero attached hydrogens (tertiary/aromatic N) is 1. The van der Waals surface area contributed by atoms with Crippen molar-refractivity contribution in [2.45, 2.75) is 4.90 Å². The van der Waals surface area contributed by atoms with Crippen LogP contribution in [-0.2, 0) is 4.79 Å². The van der Waals surface area contributed by atoms with Crippen molar-refractivity contribution in [3.8, 4) is 0 Å². The number of halogens is 1. The first kappa shape index (κ1) is 7.98. The first-order valence-corrected chi connectivity index (χ1v) is 3.60. The average molecular weight is 169 g/mol. The molecular formula is C7H4FNOS. The Hall–Kier alpha value is -1.12. The summed E-state index contributed by atoms with van der Waals surface area (Å²) in [7, 11) is 0. The van der Waals surface area contributed by atoms with E-state index in [9.17, 15) is 9.18 Å². The Bertz CT molecular complexity index is 279. The lowest BCUT2D eigenvalue weighted by molar-refractivity contribution is 0.566. The second kappa shape index (κ2) is 3.91. The highest BCUT2D eigenvalue weighted by atomic mass is 32.2. The van der Waals surface area contributed by atoms with Gasteiger partial charge in [0.25, 0.3) is 0 Å². The topological polar surface area (TPSA) is 29.4 Å². The van der Waals surface area contributed by atoms with Crippen LogP contribution in [0.1, 0.15) is 0 Å². The molecule has 0 aliphatic carbocycles. The van der Waals surface area contributed by atoms with E-state index >= 15 is 0 Å². The van der Waals surface area contributed by atoms with E-state index in [2.05, 4.69) is 4.40 Å². The Labute approximate surface area is 67.3 Å². The molecule has 0 fully saturated rings. The van der Waals surface area contributed by atoms with Crippen LogP contribution in [0.3, 0.4) is 0 Å². The van der Waals surface area contributed by atoms with Crippen LogP contribution in [0.25, 0.3) is 0 Å². The average Bonchev–Trinajstić information content (AvgIpc) is 2.04. The van der Waals surface area contributed by atoms with Gasteiger partial charge in [0.05, 0.1) is 0 Å². The van der Waals surface area contributed by atoms with Crippen molar-refractivity contribution in [2.24, 2.45) is 4.40 Å². The minimum absolute atomic E-state index is 0.301. The lowest BCUT2D eigenvalue weighted by Gasteiger charge is -1.90. The van der Waals surface area contributed by atoms with E-state index in [0.717, 1.165) is 16.8 Å². The highest BCUT2D eigenvalue weighted by Gasteiger charge is 1.91. The van der Waals surface area contributed by atoms with E-state index in [1.165, 1.54) is 18.2 Å². The Morgan fingerprint density at radius 2 is 2.00 bits per heavy atom. The quantitative estimate of drug-likeness (QED) is 0.385. The molecule has 0 radical (unpaired) electrons. The fourth-order valence-electron chi connectivity index (χ4n) is 0.567. The third-order valence-corrected chi connectivity index (χ3v) is 1.65. The van der Waals surface area contributed by atoms with Gasteiger partial charge in [-0.3, -0.25) is 0 Å². The molecule has 4 heteroatoms. The van der Waals surface area contributed by atoms with E-state index in [1.807, 2.05) is 0 Å². The summed E-state index contributed by atoms with van der Waals surface area (Å²) >= 11 is 0.964. The van der Waals surface area contributed by atoms with Crippen molar-refractivity contribution in [3.63, 3.8) is 0 Å². The van der Waals surface area contributed by atoms with Crippen LogP contribution in [0.5, 0.6) is 0 Å². The zero-order chi connectivity index (χ0) is 8.10. The molecule has 2 nitrogen and oxygen atoms in total. The van der Waals surface area contributed by atoms with Gasteiger partial charge in [0, 0.05) is 16.8 Å². The molecule has 0 unspecified atom stereocenters. The number of rotatable bonds is 2. The minimum Gasteiger partial charge on any atom is -0.210 e. The first-order chi connectivity index (χ1) is 5.33. The van der Waals surface area contributed by atoms with Crippen LogP contribution < -0.4 is 0 Å². The number of hydrogen-bond donors (Lipinski definition) is 0. The van der Waals surface area contributed by atoms with Gasteiger partial charge in [0.15, 0.2) is 0 Å². The molecule has 0 aliphatic heterocycles. The molecule has 0 aromatic heterocycles. The molecule has 0 N–H and O–H groups in total. The predicted octanol–water partition coefficient (Wildman–Crippen LogP) is 2.17. The summed E-state index contributed by atoms with van der Waals surface area (Å²) < 4.78 is 15.6.